The topological polar surface area (TPSA) is 113 Å². The van der Waals surface area contributed by atoms with Gasteiger partial charge in [-0.15, -0.1) is 0 Å². The zero-order chi connectivity index (χ0) is 20.2. The van der Waals surface area contributed by atoms with Crippen molar-refractivity contribution >= 4 is 23.8 Å². The van der Waals surface area contributed by atoms with Crippen molar-refractivity contribution in [1.29, 1.82) is 0 Å². The third kappa shape index (κ3) is 3.91. The second-order valence-corrected chi connectivity index (χ2v) is 6.65. The van der Waals surface area contributed by atoms with Gasteiger partial charge in [0.2, 0.25) is 17.8 Å². The smallest absolute Gasteiger partial charge is 0.321 e. The second-order valence-electron chi connectivity index (χ2n) is 6.65. The first-order valence-corrected chi connectivity index (χ1v) is 9.53. The van der Waals surface area contributed by atoms with Crippen LogP contribution in [0.25, 0.3) is 0 Å². The number of aliphatic imine (C=N–C) groups is 1. The Labute approximate surface area is 167 Å². The maximum absolute atomic E-state index is 12.8. The number of aromatic nitrogens is 2. The number of furan rings is 1. The summed E-state index contributed by atoms with van der Waals surface area (Å²) in [7, 11) is 0. The number of nitrogens with one attached hydrogen (secondary N) is 1. The number of nitrogens with zero attached hydrogens (tertiary/aromatic N) is 5. The molecule has 1 saturated heterocycles. The van der Waals surface area contributed by atoms with Crippen molar-refractivity contribution in [2.45, 2.75) is 13.0 Å². The summed E-state index contributed by atoms with van der Waals surface area (Å²) in [6, 6.07) is 4.43. The molecular formula is C19H22N6O4. The Hall–Kier alpha value is -3.43. The Morgan fingerprint density at radius 1 is 1.21 bits per heavy atom. The highest BCUT2D eigenvalue weighted by Gasteiger charge is 2.43. The number of esters is 1. The van der Waals surface area contributed by atoms with Gasteiger partial charge in [-0.1, -0.05) is 0 Å². The fraction of sp³-hybridized carbons (Fsp3) is 0.421. The van der Waals surface area contributed by atoms with Crippen LogP contribution >= 0.6 is 0 Å². The molecule has 4 rings (SSSR count). The molecule has 29 heavy (non-hydrogen) atoms. The van der Waals surface area contributed by atoms with Gasteiger partial charge in [-0.2, -0.15) is 0 Å². The molecule has 0 saturated carbocycles. The predicted molar refractivity (Wildman–Crippen MR) is 103 cm³/mol. The summed E-state index contributed by atoms with van der Waals surface area (Å²) < 4.78 is 10.5. The first-order chi connectivity index (χ1) is 14.2. The van der Waals surface area contributed by atoms with Crippen LogP contribution in [0.5, 0.6) is 0 Å². The molecule has 2 atom stereocenters. The van der Waals surface area contributed by atoms with Crippen LogP contribution in [-0.4, -0.2) is 65.5 Å². The molecule has 0 aromatic carbocycles. The number of piperazine rings is 1. The Kier molecular flexibility index (Phi) is 5.41. The maximum atomic E-state index is 12.8. The van der Waals surface area contributed by atoms with Crippen molar-refractivity contribution in [2.24, 2.45) is 10.9 Å². The fourth-order valence-electron chi connectivity index (χ4n) is 3.46. The van der Waals surface area contributed by atoms with Crippen LogP contribution in [0.15, 0.2) is 46.3 Å². The Morgan fingerprint density at radius 2 is 1.93 bits per heavy atom. The summed E-state index contributed by atoms with van der Waals surface area (Å²) in [5, 5.41) is 2.77. The highest BCUT2D eigenvalue weighted by atomic mass is 16.5. The minimum Gasteiger partial charge on any atom is -0.467 e. The second kappa shape index (κ2) is 8.29. The lowest BCUT2D eigenvalue weighted by Crippen LogP contribution is -2.57. The quantitative estimate of drug-likeness (QED) is 0.588. The molecule has 10 nitrogen and oxygen atoms in total. The third-order valence-corrected chi connectivity index (χ3v) is 4.88. The van der Waals surface area contributed by atoms with Crippen molar-refractivity contribution in [3.63, 3.8) is 0 Å². The van der Waals surface area contributed by atoms with Crippen LogP contribution in [0, 0.1) is 5.92 Å². The van der Waals surface area contributed by atoms with Gasteiger partial charge < -0.3 is 19.0 Å². The number of amides is 1. The summed E-state index contributed by atoms with van der Waals surface area (Å²) in [6.45, 7) is 4.52. The third-order valence-electron chi connectivity index (χ3n) is 4.88. The number of rotatable bonds is 4. The van der Waals surface area contributed by atoms with Crippen LogP contribution in [-0.2, 0) is 14.3 Å². The van der Waals surface area contributed by atoms with E-state index in [1.54, 1.807) is 37.5 Å². The molecule has 2 aromatic rings. The molecule has 10 heteroatoms. The van der Waals surface area contributed by atoms with Crippen LogP contribution in [0.4, 0.5) is 5.95 Å². The van der Waals surface area contributed by atoms with Gasteiger partial charge in [0.05, 0.1) is 12.9 Å². The molecule has 1 N–H and O–H groups in total. The zero-order valence-corrected chi connectivity index (χ0v) is 16.0. The lowest BCUT2D eigenvalue weighted by molar-refractivity contribution is -0.153. The van der Waals surface area contributed by atoms with Gasteiger partial charge in [-0.25, -0.2) is 15.0 Å². The van der Waals surface area contributed by atoms with E-state index in [0.717, 1.165) is 0 Å². The summed E-state index contributed by atoms with van der Waals surface area (Å²) >= 11 is 0. The van der Waals surface area contributed by atoms with E-state index in [-0.39, 0.29) is 6.61 Å². The van der Waals surface area contributed by atoms with Gasteiger partial charge >= 0.3 is 5.97 Å². The van der Waals surface area contributed by atoms with Gasteiger partial charge in [-0.05, 0) is 25.1 Å². The number of hydrogen-bond donors (Lipinski definition) is 1. The van der Waals surface area contributed by atoms with E-state index in [9.17, 15) is 9.59 Å². The molecule has 1 fully saturated rings. The molecule has 0 unspecified atom stereocenters. The van der Waals surface area contributed by atoms with Crippen molar-refractivity contribution in [3.8, 4) is 0 Å². The summed E-state index contributed by atoms with van der Waals surface area (Å²) in [5.41, 5.74) is 0. The van der Waals surface area contributed by atoms with Crippen molar-refractivity contribution in [1.82, 2.24) is 20.2 Å². The van der Waals surface area contributed by atoms with Gasteiger partial charge in [0.1, 0.15) is 11.8 Å². The standard InChI is InChI=1S/C19H22N6O4/c1-2-28-17(27)14-15(13-5-3-12-29-13)22-19(23-16(14)26)25-10-8-24(9-11-25)18-20-6-4-7-21-18/h3-7,12,14-15H,2,8-11H2,1H3,(H,22,23,26)/t14-,15-/m0/s1. The normalized spacial score (nSPS) is 22.1. The van der Waals surface area contributed by atoms with E-state index >= 15 is 0 Å². The summed E-state index contributed by atoms with van der Waals surface area (Å²) in [6.07, 6.45) is 4.92. The van der Waals surface area contributed by atoms with Crippen LogP contribution in [0.3, 0.4) is 0 Å². The van der Waals surface area contributed by atoms with Gasteiger partial charge in [0, 0.05) is 38.6 Å². The number of ether oxygens (including phenoxy) is 1. The maximum Gasteiger partial charge on any atom is 0.321 e. The molecule has 1 amide bonds. The SMILES string of the molecule is CCOC(=O)[C@@H]1C(=O)NC(N2CCN(c3ncccn3)CC2)=N[C@H]1c1ccco1. The van der Waals surface area contributed by atoms with E-state index in [1.807, 2.05) is 4.90 Å². The molecular weight excluding hydrogens is 376 g/mol. The average molecular weight is 398 g/mol. The minimum absolute atomic E-state index is 0.188. The highest BCUT2D eigenvalue weighted by Crippen LogP contribution is 2.31. The molecule has 4 heterocycles. The van der Waals surface area contributed by atoms with Crippen molar-refractivity contribution < 1.29 is 18.7 Å². The number of carbonyl (C=O) groups excluding carboxylic acids is 2. The summed E-state index contributed by atoms with van der Waals surface area (Å²) in [4.78, 5) is 42.4. The van der Waals surface area contributed by atoms with E-state index in [2.05, 4.69) is 25.2 Å². The van der Waals surface area contributed by atoms with Gasteiger partial charge in [0.25, 0.3) is 0 Å². The number of carbonyl (C=O) groups is 2. The molecule has 2 aliphatic heterocycles. The van der Waals surface area contributed by atoms with E-state index in [0.29, 0.717) is 43.8 Å². The molecule has 0 radical (unpaired) electrons. The molecule has 0 spiro atoms. The Morgan fingerprint density at radius 3 is 2.59 bits per heavy atom. The fourth-order valence-corrected chi connectivity index (χ4v) is 3.46. The first kappa shape index (κ1) is 18.9. The monoisotopic (exact) mass is 398 g/mol. The summed E-state index contributed by atoms with van der Waals surface area (Å²) in [5.74, 6) is -0.567. The largest absolute Gasteiger partial charge is 0.467 e. The molecule has 0 aliphatic carbocycles. The van der Waals surface area contributed by atoms with E-state index in [4.69, 9.17) is 9.15 Å². The molecule has 2 aromatic heterocycles. The predicted octanol–water partition coefficient (Wildman–Crippen LogP) is 0.598. The number of guanidine groups is 1. The Balaban J connectivity index is 1.53. The zero-order valence-electron chi connectivity index (χ0n) is 16.0. The van der Waals surface area contributed by atoms with E-state index in [1.165, 1.54) is 6.26 Å². The first-order valence-electron chi connectivity index (χ1n) is 9.53. The molecule has 0 bridgehead atoms. The minimum atomic E-state index is -1.08. The lowest BCUT2D eigenvalue weighted by atomic mass is 9.95. The lowest BCUT2D eigenvalue weighted by Gasteiger charge is -2.38. The van der Waals surface area contributed by atoms with Crippen LogP contribution in [0.1, 0.15) is 18.7 Å². The van der Waals surface area contributed by atoms with Gasteiger partial charge in [0.15, 0.2) is 5.92 Å². The van der Waals surface area contributed by atoms with Crippen molar-refractivity contribution in [3.05, 3.63) is 42.6 Å². The Bertz CT molecular complexity index is 877. The molecule has 2 aliphatic rings. The number of hydrogen-bond acceptors (Lipinski definition) is 9. The van der Waals surface area contributed by atoms with Crippen LogP contribution in [0.2, 0.25) is 0 Å². The average Bonchev–Trinajstić information content (AvgIpc) is 3.29. The van der Waals surface area contributed by atoms with E-state index < -0.39 is 23.8 Å². The van der Waals surface area contributed by atoms with Gasteiger partial charge in [-0.3, -0.25) is 14.9 Å². The van der Waals surface area contributed by atoms with Crippen molar-refractivity contribution in [2.75, 3.05) is 37.7 Å². The highest BCUT2D eigenvalue weighted by molar-refractivity contribution is 6.08. The van der Waals surface area contributed by atoms with Crippen LogP contribution < -0.4 is 10.2 Å². The number of anilines is 1. The molecule has 152 valence electrons.